The number of carbonyl (C=O) groups is 1. The fourth-order valence-electron chi connectivity index (χ4n) is 3.81. The van der Waals surface area contributed by atoms with Gasteiger partial charge in [0, 0.05) is 24.7 Å². The molecule has 1 atom stereocenters. The maximum absolute atomic E-state index is 13.0. The number of amides is 1. The van der Waals surface area contributed by atoms with Gasteiger partial charge in [-0.05, 0) is 80.1 Å². The number of anilines is 1. The van der Waals surface area contributed by atoms with Crippen LogP contribution in [0.1, 0.15) is 54.1 Å². The number of nitrogens with zero attached hydrogens (tertiary/aromatic N) is 1. The molecule has 150 valence electrons. The van der Waals surface area contributed by atoms with Gasteiger partial charge in [0.15, 0.2) is 0 Å². The van der Waals surface area contributed by atoms with Crippen molar-refractivity contribution < 1.29 is 13.2 Å². The summed E-state index contributed by atoms with van der Waals surface area (Å²) in [4.78, 5) is 14.0. The van der Waals surface area contributed by atoms with Gasteiger partial charge in [-0.15, -0.1) is 0 Å². The number of carbonyl (C=O) groups excluding carboxylic acids is 1. The average Bonchev–Trinajstić information content (AvgIpc) is 3.06. The van der Waals surface area contributed by atoms with Gasteiger partial charge in [-0.2, -0.15) is 0 Å². The molecule has 0 spiro atoms. The maximum Gasteiger partial charge on any atom is 0.241 e. The SMILES string of the molecule is CCC(=O)N1CCc2cc(S(=O)(=O)NC(C)c3cc(C)c(C)cc3C)ccc21. The number of aryl methyl sites for hydroxylation is 3. The van der Waals surface area contributed by atoms with Gasteiger partial charge in [-0.3, -0.25) is 4.79 Å². The van der Waals surface area contributed by atoms with Crippen LogP contribution >= 0.6 is 0 Å². The fourth-order valence-corrected chi connectivity index (χ4v) is 5.08. The quantitative estimate of drug-likeness (QED) is 0.826. The molecular formula is C22H28N2O3S. The number of nitrogens with one attached hydrogen (secondary N) is 1. The molecule has 5 nitrogen and oxygen atoms in total. The molecule has 0 aromatic heterocycles. The molecule has 1 aliphatic rings. The molecule has 0 saturated heterocycles. The number of fused-ring (bicyclic) bond motifs is 1. The zero-order chi connectivity index (χ0) is 20.6. The van der Waals surface area contributed by atoms with E-state index < -0.39 is 10.0 Å². The molecule has 1 amide bonds. The first kappa shape index (κ1) is 20.6. The molecule has 0 fully saturated rings. The lowest BCUT2D eigenvalue weighted by Gasteiger charge is -2.19. The Morgan fingerprint density at radius 3 is 2.46 bits per heavy atom. The largest absolute Gasteiger partial charge is 0.312 e. The highest BCUT2D eigenvalue weighted by Gasteiger charge is 2.26. The van der Waals surface area contributed by atoms with E-state index in [9.17, 15) is 13.2 Å². The normalized spacial score (nSPS) is 14.8. The number of rotatable bonds is 5. The summed E-state index contributed by atoms with van der Waals surface area (Å²) in [6.45, 7) is 10.4. The summed E-state index contributed by atoms with van der Waals surface area (Å²) in [5.74, 6) is 0.0614. The van der Waals surface area contributed by atoms with Gasteiger partial charge in [-0.25, -0.2) is 13.1 Å². The van der Waals surface area contributed by atoms with Crippen LogP contribution in [-0.4, -0.2) is 20.9 Å². The minimum Gasteiger partial charge on any atom is -0.312 e. The lowest BCUT2D eigenvalue weighted by molar-refractivity contribution is -0.118. The Hall–Kier alpha value is -2.18. The van der Waals surface area contributed by atoms with Crippen molar-refractivity contribution in [3.63, 3.8) is 0 Å². The van der Waals surface area contributed by atoms with Gasteiger partial charge >= 0.3 is 0 Å². The third-order valence-electron chi connectivity index (χ3n) is 5.54. The predicted molar refractivity (Wildman–Crippen MR) is 112 cm³/mol. The highest BCUT2D eigenvalue weighted by Crippen LogP contribution is 2.31. The van der Waals surface area contributed by atoms with Crippen LogP contribution in [0.15, 0.2) is 35.2 Å². The van der Waals surface area contributed by atoms with Gasteiger partial charge in [0.1, 0.15) is 0 Å². The molecule has 3 rings (SSSR count). The molecule has 0 bridgehead atoms. The second-order valence-electron chi connectivity index (χ2n) is 7.58. The summed E-state index contributed by atoms with van der Waals surface area (Å²) < 4.78 is 28.7. The first-order chi connectivity index (χ1) is 13.1. The average molecular weight is 401 g/mol. The van der Waals surface area contributed by atoms with Crippen LogP contribution in [-0.2, 0) is 21.2 Å². The second-order valence-corrected chi connectivity index (χ2v) is 9.29. The Labute approximate surface area is 167 Å². The summed E-state index contributed by atoms with van der Waals surface area (Å²) in [6.07, 6.45) is 1.12. The Bertz CT molecular complexity index is 1030. The van der Waals surface area contributed by atoms with Crippen LogP contribution in [0.5, 0.6) is 0 Å². The van der Waals surface area contributed by atoms with E-state index in [0.717, 1.165) is 27.9 Å². The summed E-state index contributed by atoms with van der Waals surface area (Å²) >= 11 is 0. The van der Waals surface area contributed by atoms with E-state index in [2.05, 4.69) is 23.8 Å². The van der Waals surface area contributed by atoms with Crippen LogP contribution in [0.25, 0.3) is 0 Å². The highest BCUT2D eigenvalue weighted by molar-refractivity contribution is 7.89. The number of sulfonamides is 1. The molecule has 2 aromatic carbocycles. The Morgan fingerprint density at radius 1 is 1.11 bits per heavy atom. The molecule has 1 unspecified atom stereocenters. The summed E-state index contributed by atoms with van der Waals surface area (Å²) in [7, 11) is -3.67. The van der Waals surface area contributed by atoms with Crippen LogP contribution in [0.2, 0.25) is 0 Å². The van der Waals surface area contributed by atoms with Crippen molar-refractivity contribution in [3.05, 3.63) is 58.1 Å². The maximum atomic E-state index is 13.0. The Morgan fingerprint density at radius 2 is 1.79 bits per heavy atom. The van der Waals surface area contributed by atoms with Gasteiger partial charge in [0.05, 0.1) is 4.90 Å². The molecule has 1 aliphatic heterocycles. The molecule has 1 N–H and O–H groups in total. The van der Waals surface area contributed by atoms with Crippen molar-refractivity contribution >= 4 is 21.6 Å². The first-order valence-corrected chi connectivity index (χ1v) is 11.2. The summed E-state index contributed by atoms with van der Waals surface area (Å²) in [6, 6.07) is 8.83. The van der Waals surface area contributed by atoms with E-state index in [1.54, 1.807) is 23.1 Å². The van der Waals surface area contributed by atoms with Crippen molar-refractivity contribution in [2.24, 2.45) is 0 Å². The lowest BCUT2D eigenvalue weighted by atomic mass is 9.97. The first-order valence-electron chi connectivity index (χ1n) is 9.67. The van der Waals surface area contributed by atoms with Crippen LogP contribution in [0.4, 0.5) is 5.69 Å². The van der Waals surface area contributed by atoms with E-state index in [4.69, 9.17) is 0 Å². The predicted octanol–water partition coefficient (Wildman–Crippen LogP) is 3.95. The van der Waals surface area contributed by atoms with Crippen molar-refractivity contribution in [1.82, 2.24) is 4.72 Å². The Kier molecular flexibility index (Phi) is 5.64. The molecule has 0 aliphatic carbocycles. The molecule has 0 saturated carbocycles. The molecule has 6 heteroatoms. The molecule has 2 aromatic rings. The van der Waals surface area contributed by atoms with Crippen molar-refractivity contribution in [2.75, 3.05) is 11.4 Å². The topological polar surface area (TPSA) is 66.5 Å². The second kappa shape index (κ2) is 7.68. The summed E-state index contributed by atoms with van der Waals surface area (Å²) in [5, 5.41) is 0. The third kappa shape index (κ3) is 3.84. The third-order valence-corrected chi connectivity index (χ3v) is 7.08. The lowest BCUT2D eigenvalue weighted by Crippen LogP contribution is -2.28. The van der Waals surface area contributed by atoms with E-state index in [0.29, 0.717) is 19.4 Å². The minimum absolute atomic E-state index is 0.0614. The monoisotopic (exact) mass is 400 g/mol. The zero-order valence-electron chi connectivity index (χ0n) is 17.2. The van der Waals surface area contributed by atoms with Gasteiger partial charge in [0.2, 0.25) is 15.9 Å². The van der Waals surface area contributed by atoms with Crippen LogP contribution < -0.4 is 9.62 Å². The molecule has 0 radical (unpaired) electrons. The van der Waals surface area contributed by atoms with Gasteiger partial charge < -0.3 is 4.90 Å². The van der Waals surface area contributed by atoms with Gasteiger partial charge in [-0.1, -0.05) is 19.1 Å². The molecular weight excluding hydrogens is 372 g/mol. The van der Waals surface area contributed by atoms with E-state index >= 15 is 0 Å². The molecule has 28 heavy (non-hydrogen) atoms. The number of hydrogen-bond acceptors (Lipinski definition) is 3. The van der Waals surface area contributed by atoms with Crippen molar-refractivity contribution in [2.45, 2.75) is 58.4 Å². The highest BCUT2D eigenvalue weighted by atomic mass is 32.2. The van der Waals surface area contributed by atoms with E-state index in [-0.39, 0.29) is 16.8 Å². The fraction of sp³-hybridized carbons (Fsp3) is 0.409. The number of hydrogen-bond donors (Lipinski definition) is 1. The van der Waals surface area contributed by atoms with E-state index in [1.165, 1.54) is 5.56 Å². The van der Waals surface area contributed by atoms with Gasteiger partial charge in [0.25, 0.3) is 0 Å². The number of benzene rings is 2. The zero-order valence-corrected chi connectivity index (χ0v) is 18.0. The molecule has 1 heterocycles. The van der Waals surface area contributed by atoms with Crippen LogP contribution in [0, 0.1) is 20.8 Å². The van der Waals surface area contributed by atoms with Crippen LogP contribution in [0.3, 0.4) is 0 Å². The standard InChI is InChI=1S/C22H28N2O3S/c1-6-22(25)24-10-9-18-13-19(7-8-21(18)24)28(26,27)23-17(5)20-12-15(3)14(2)11-16(20)4/h7-8,11-13,17,23H,6,9-10H2,1-5H3. The smallest absolute Gasteiger partial charge is 0.241 e. The minimum atomic E-state index is -3.67. The van der Waals surface area contributed by atoms with Crippen molar-refractivity contribution in [1.29, 1.82) is 0 Å². The summed E-state index contributed by atoms with van der Waals surface area (Å²) in [5.41, 5.74) is 6.11. The Balaban J connectivity index is 1.86. The van der Waals surface area contributed by atoms with E-state index in [1.807, 2.05) is 27.7 Å². The van der Waals surface area contributed by atoms with Crippen molar-refractivity contribution in [3.8, 4) is 0 Å².